The van der Waals surface area contributed by atoms with Gasteiger partial charge in [-0.3, -0.25) is 14.9 Å². The van der Waals surface area contributed by atoms with Gasteiger partial charge in [0.25, 0.3) is 0 Å². The van der Waals surface area contributed by atoms with Gasteiger partial charge in [0.2, 0.25) is 0 Å². The third-order valence-electron chi connectivity index (χ3n) is 9.12. The molecule has 2 amide bonds. The van der Waals surface area contributed by atoms with Crippen molar-refractivity contribution in [3.8, 4) is 21.7 Å². The lowest BCUT2D eigenvalue weighted by atomic mass is 9.78. The first-order chi connectivity index (χ1) is 26.0. The van der Waals surface area contributed by atoms with E-state index in [1.54, 1.807) is 25.4 Å². The van der Waals surface area contributed by atoms with Gasteiger partial charge >= 0.3 is 12.2 Å². The van der Waals surface area contributed by atoms with Gasteiger partial charge in [-0.2, -0.15) is 23.4 Å². The van der Waals surface area contributed by atoms with Crippen molar-refractivity contribution in [1.82, 2.24) is 25.5 Å². The number of anilines is 1. The first-order valence-corrected chi connectivity index (χ1v) is 17.8. The lowest BCUT2D eigenvalue weighted by Gasteiger charge is -2.23. The minimum atomic E-state index is -4.55. The summed E-state index contributed by atoms with van der Waals surface area (Å²) in [6.45, 7) is 2.11. The number of nitrogens with one attached hydrogen (secondary N) is 2. The maximum Gasteiger partial charge on any atom is 0.434 e. The third kappa shape index (κ3) is 7.25. The molecule has 1 aliphatic rings. The highest BCUT2D eigenvalue weighted by molar-refractivity contribution is 7.13. The van der Waals surface area contributed by atoms with Gasteiger partial charge in [-0.1, -0.05) is 60.7 Å². The van der Waals surface area contributed by atoms with Crippen LogP contribution in [-0.2, 0) is 6.18 Å². The van der Waals surface area contributed by atoms with Crippen LogP contribution < -0.4 is 10.6 Å². The SMILES string of the molecule is CCNC(=O)Nc1cc(-c2nc(C(F)(F)F)cs2)c(-c2ccc3cnncc3c2)cn1.O=C1CC(CCO)C(=O)c2ccc3c(ccc4ccccc43)c21. The number of amides is 2. The van der Waals surface area contributed by atoms with Crippen LogP contribution in [0.2, 0.25) is 0 Å². The van der Waals surface area contributed by atoms with Crippen LogP contribution in [-0.4, -0.2) is 56.0 Å². The Morgan fingerprint density at radius 3 is 2.39 bits per heavy atom. The quantitative estimate of drug-likeness (QED) is 0.143. The highest BCUT2D eigenvalue weighted by Gasteiger charge is 2.35. The number of Topliss-reactive ketones (excluding diaryl/α,β-unsaturated/α-hetero) is 2. The zero-order valence-corrected chi connectivity index (χ0v) is 29.5. The maximum atomic E-state index is 13.1. The number of thiazole rings is 1. The Hall–Kier alpha value is -6.12. The van der Waals surface area contributed by atoms with E-state index in [0.29, 0.717) is 35.2 Å². The largest absolute Gasteiger partial charge is 0.434 e. The molecule has 4 aromatic carbocycles. The van der Waals surface area contributed by atoms with E-state index < -0.39 is 23.8 Å². The Morgan fingerprint density at radius 2 is 1.63 bits per heavy atom. The predicted molar refractivity (Wildman–Crippen MR) is 201 cm³/mol. The second kappa shape index (κ2) is 15.1. The summed E-state index contributed by atoms with van der Waals surface area (Å²) in [7, 11) is 0. The fourth-order valence-corrected chi connectivity index (χ4v) is 7.42. The zero-order valence-electron chi connectivity index (χ0n) is 28.6. The number of carbonyl (C=O) groups is 3. The number of hydrogen-bond donors (Lipinski definition) is 3. The van der Waals surface area contributed by atoms with Crippen molar-refractivity contribution in [3.63, 3.8) is 0 Å². The number of carbonyl (C=O) groups excluding carboxylic acids is 3. The maximum absolute atomic E-state index is 13.1. The summed E-state index contributed by atoms with van der Waals surface area (Å²) < 4.78 is 39.3. The number of rotatable bonds is 6. The van der Waals surface area contributed by atoms with Gasteiger partial charge in [0.1, 0.15) is 10.8 Å². The average Bonchev–Trinajstić information content (AvgIpc) is 3.68. The van der Waals surface area contributed by atoms with Gasteiger partial charge < -0.3 is 10.4 Å². The van der Waals surface area contributed by atoms with E-state index in [-0.39, 0.29) is 35.4 Å². The molecule has 14 heteroatoms. The molecule has 272 valence electrons. The van der Waals surface area contributed by atoms with Crippen molar-refractivity contribution in [3.05, 3.63) is 114 Å². The second-order valence-electron chi connectivity index (χ2n) is 12.5. The highest BCUT2D eigenvalue weighted by Crippen LogP contribution is 2.39. The summed E-state index contributed by atoms with van der Waals surface area (Å²) in [6, 6.07) is 22.2. The van der Waals surface area contributed by atoms with Gasteiger partial charge in [0, 0.05) is 70.1 Å². The third-order valence-corrected chi connectivity index (χ3v) is 9.99. The first kappa shape index (κ1) is 36.2. The zero-order chi connectivity index (χ0) is 38.0. The fraction of sp³-hybridized carbons (Fsp3) is 0.175. The molecule has 0 fully saturated rings. The van der Waals surface area contributed by atoms with Gasteiger partial charge in [0.15, 0.2) is 17.3 Å². The van der Waals surface area contributed by atoms with E-state index >= 15 is 0 Å². The number of aliphatic hydroxyl groups excluding tert-OH is 1. The molecule has 10 nitrogen and oxygen atoms in total. The minimum absolute atomic E-state index is 0.000990. The van der Waals surface area contributed by atoms with E-state index in [9.17, 15) is 27.6 Å². The Bertz CT molecular complexity index is 2570. The number of nitrogens with zero attached hydrogens (tertiary/aromatic N) is 4. The number of aliphatic hydroxyl groups is 1. The van der Waals surface area contributed by atoms with Crippen LogP contribution in [0.3, 0.4) is 0 Å². The van der Waals surface area contributed by atoms with Gasteiger partial charge in [0.05, 0.1) is 12.4 Å². The number of hydrogen-bond acceptors (Lipinski definition) is 9. The molecule has 1 atom stereocenters. The molecule has 1 aliphatic carbocycles. The van der Waals surface area contributed by atoms with Crippen LogP contribution >= 0.6 is 11.3 Å². The van der Waals surface area contributed by atoms with Gasteiger partial charge in [-0.15, -0.1) is 11.3 Å². The number of alkyl halides is 3. The van der Waals surface area contributed by atoms with Gasteiger partial charge in [-0.25, -0.2) is 14.8 Å². The number of fused-ring (bicyclic) bond motifs is 6. The summed E-state index contributed by atoms with van der Waals surface area (Å²) in [5.74, 6) is -0.222. The minimum Gasteiger partial charge on any atom is -0.396 e. The fourth-order valence-electron chi connectivity index (χ4n) is 6.56. The summed E-state index contributed by atoms with van der Waals surface area (Å²) >= 11 is 0.870. The summed E-state index contributed by atoms with van der Waals surface area (Å²) in [6.07, 6.45) is 0.710. The summed E-state index contributed by atoms with van der Waals surface area (Å²) in [5.41, 5.74) is 1.79. The molecule has 8 rings (SSSR count). The molecular formula is C40H31F3N6O4S. The summed E-state index contributed by atoms with van der Waals surface area (Å²) in [5, 5.41) is 28.8. The molecule has 3 N–H and O–H groups in total. The number of pyridine rings is 1. The highest BCUT2D eigenvalue weighted by atomic mass is 32.1. The van der Waals surface area contributed by atoms with Crippen LogP contribution in [0.25, 0.3) is 54.0 Å². The molecule has 3 heterocycles. The molecule has 1 unspecified atom stereocenters. The number of benzene rings is 4. The van der Waals surface area contributed by atoms with Crippen LogP contribution in [0.5, 0.6) is 0 Å². The topological polar surface area (TPSA) is 147 Å². The number of aromatic nitrogens is 4. The molecule has 0 saturated carbocycles. The molecule has 0 spiro atoms. The molecule has 54 heavy (non-hydrogen) atoms. The molecular weight excluding hydrogens is 718 g/mol. The van der Waals surface area contributed by atoms with Crippen molar-refractivity contribution in [2.75, 3.05) is 18.5 Å². The Morgan fingerprint density at radius 1 is 0.870 bits per heavy atom. The lowest BCUT2D eigenvalue weighted by Crippen LogP contribution is -2.28. The van der Waals surface area contributed by atoms with E-state index in [4.69, 9.17) is 5.11 Å². The van der Waals surface area contributed by atoms with E-state index in [1.807, 2.05) is 60.7 Å². The van der Waals surface area contributed by atoms with E-state index in [0.717, 1.165) is 54.6 Å². The van der Waals surface area contributed by atoms with Crippen LogP contribution in [0.4, 0.5) is 23.8 Å². The van der Waals surface area contributed by atoms with Crippen molar-refractivity contribution in [2.24, 2.45) is 5.92 Å². The summed E-state index contributed by atoms with van der Waals surface area (Å²) in [4.78, 5) is 45.1. The Kier molecular flexibility index (Phi) is 10.1. The van der Waals surface area contributed by atoms with Gasteiger partial charge in [-0.05, 0) is 52.6 Å². The van der Waals surface area contributed by atoms with Crippen LogP contribution in [0, 0.1) is 5.92 Å². The number of ketones is 2. The van der Waals surface area contributed by atoms with Crippen molar-refractivity contribution >= 4 is 67.1 Å². The second-order valence-corrected chi connectivity index (χ2v) is 13.4. The lowest BCUT2D eigenvalue weighted by molar-refractivity contribution is -0.140. The molecule has 0 aliphatic heterocycles. The van der Waals surface area contributed by atoms with E-state index in [1.165, 1.54) is 12.3 Å². The number of halogens is 3. The normalized spacial score (nSPS) is 14.1. The average molecular weight is 749 g/mol. The van der Waals surface area contributed by atoms with Crippen molar-refractivity contribution < 1.29 is 32.7 Å². The smallest absolute Gasteiger partial charge is 0.396 e. The molecule has 7 aromatic rings. The first-order valence-electron chi connectivity index (χ1n) is 17.0. The monoisotopic (exact) mass is 748 g/mol. The Labute approximate surface area is 310 Å². The Balaban J connectivity index is 0.000000174. The predicted octanol–water partition coefficient (Wildman–Crippen LogP) is 8.74. The van der Waals surface area contributed by atoms with Crippen molar-refractivity contribution in [1.29, 1.82) is 0 Å². The van der Waals surface area contributed by atoms with Crippen LogP contribution in [0.1, 0.15) is 46.2 Å². The standard InChI is InChI=1S/C20H15F3N6OS.C20H16O3/c1-2-24-19(30)29-17-6-14(18-28-16(10-31-18)20(21,22)23)15(9-25-17)11-3-4-12-7-26-27-8-13(12)5-11;21-10-9-13-11-18(22)19-16-6-5-12-3-1-2-4-14(12)15(16)7-8-17(19)20(13)23/h3-10H,2H2,1H3,(H2,24,25,29,30);1-8,13,21H,9-11H2. The van der Waals surface area contributed by atoms with E-state index in [2.05, 4.69) is 30.8 Å². The molecule has 3 aromatic heterocycles. The van der Waals surface area contributed by atoms with Crippen LogP contribution in [0.15, 0.2) is 96.8 Å². The molecule has 0 radical (unpaired) electrons. The number of urea groups is 1. The van der Waals surface area contributed by atoms with Crippen molar-refractivity contribution in [2.45, 2.75) is 25.9 Å². The molecule has 0 bridgehead atoms. The molecule has 0 saturated heterocycles.